The van der Waals surface area contributed by atoms with E-state index in [4.69, 9.17) is 4.84 Å². The van der Waals surface area contributed by atoms with E-state index in [9.17, 15) is 19.5 Å². The summed E-state index contributed by atoms with van der Waals surface area (Å²) in [5.74, 6) is 0.567. The number of hydrogen-bond donors (Lipinski definition) is 3. The number of hydrogen-bond acceptors (Lipinski definition) is 6. The molecule has 2 saturated carbocycles. The normalized spacial score (nSPS) is 22.3. The van der Waals surface area contributed by atoms with Gasteiger partial charge in [0.15, 0.2) is 5.75 Å². The van der Waals surface area contributed by atoms with Crippen molar-refractivity contribution >= 4 is 17.7 Å². The smallest absolute Gasteiger partial charge is 0.254 e. The van der Waals surface area contributed by atoms with Crippen LogP contribution in [0.5, 0.6) is 5.75 Å². The van der Waals surface area contributed by atoms with Gasteiger partial charge in [0.25, 0.3) is 11.8 Å². The average molecular weight is 477 g/mol. The summed E-state index contributed by atoms with van der Waals surface area (Å²) in [4.78, 5) is 46.4. The standard InChI is InChI=1S/C26H28N4O5/c31-23(17-3-4-17)27-22-20-15-19(7-8-21(20)35-28-22)16-1-5-18(6-2-16)24(32)29-11-13-30(14-12-29)25(33)26(34)9-10-26/h1-2,5-8,15,17,22,28,34H,3-4,9-14H2,(H,27,31). The zero-order valence-corrected chi connectivity index (χ0v) is 19.3. The Kier molecular flexibility index (Phi) is 5.26. The van der Waals surface area contributed by atoms with Gasteiger partial charge in [-0.25, -0.2) is 0 Å². The summed E-state index contributed by atoms with van der Waals surface area (Å²) >= 11 is 0. The van der Waals surface area contributed by atoms with Crippen molar-refractivity contribution < 1.29 is 24.3 Å². The number of piperazine rings is 1. The minimum Gasteiger partial charge on any atom is -0.406 e. The predicted molar refractivity (Wildman–Crippen MR) is 126 cm³/mol. The van der Waals surface area contributed by atoms with Gasteiger partial charge in [-0.15, -0.1) is 5.48 Å². The average Bonchev–Trinajstić information content (AvgIpc) is 3.83. The van der Waals surface area contributed by atoms with Crippen LogP contribution < -0.4 is 15.6 Å². The van der Waals surface area contributed by atoms with E-state index >= 15 is 0 Å². The molecule has 2 aromatic rings. The van der Waals surface area contributed by atoms with Crippen LogP contribution in [-0.4, -0.2) is 64.4 Å². The minimum atomic E-state index is -1.16. The molecular formula is C26H28N4O5. The summed E-state index contributed by atoms with van der Waals surface area (Å²) in [7, 11) is 0. The second-order valence-corrected chi connectivity index (χ2v) is 9.88. The van der Waals surface area contributed by atoms with Crippen LogP contribution in [0.2, 0.25) is 0 Å². The van der Waals surface area contributed by atoms with Crippen LogP contribution in [0.4, 0.5) is 0 Å². The number of amides is 3. The maximum atomic E-state index is 13.0. The molecule has 0 radical (unpaired) electrons. The minimum absolute atomic E-state index is 0.0424. The molecule has 0 bridgehead atoms. The topological polar surface area (TPSA) is 111 Å². The van der Waals surface area contributed by atoms with E-state index in [0.29, 0.717) is 50.3 Å². The molecule has 2 aliphatic heterocycles. The van der Waals surface area contributed by atoms with Gasteiger partial charge in [-0.2, -0.15) is 0 Å². The van der Waals surface area contributed by atoms with E-state index in [2.05, 4.69) is 10.8 Å². The molecule has 4 aliphatic rings. The van der Waals surface area contributed by atoms with Gasteiger partial charge < -0.3 is 25.1 Å². The molecule has 2 aliphatic carbocycles. The first kappa shape index (κ1) is 22.1. The highest BCUT2D eigenvalue weighted by Crippen LogP contribution is 2.37. The summed E-state index contributed by atoms with van der Waals surface area (Å²) in [6.07, 6.45) is 2.55. The van der Waals surface area contributed by atoms with Crippen molar-refractivity contribution in [2.24, 2.45) is 5.92 Å². The molecule has 0 spiro atoms. The van der Waals surface area contributed by atoms with Crippen molar-refractivity contribution in [1.29, 1.82) is 0 Å². The van der Waals surface area contributed by atoms with Crippen LogP contribution in [0, 0.1) is 5.92 Å². The molecular weight excluding hydrogens is 448 g/mol. The maximum absolute atomic E-state index is 13.0. The van der Waals surface area contributed by atoms with Crippen molar-refractivity contribution in [3.8, 4) is 16.9 Å². The Labute approximate surface area is 203 Å². The fourth-order valence-corrected chi connectivity index (χ4v) is 4.67. The Morgan fingerprint density at radius 1 is 0.943 bits per heavy atom. The largest absolute Gasteiger partial charge is 0.406 e. The van der Waals surface area contributed by atoms with E-state index in [1.54, 1.807) is 9.80 Å². The number of nitrogens with one attached hydrogen (secondary N) is 2. The zero-order chi connectivity index (χ0) is 24.2. The van der Waals surface area contributed by atoms with E-state index in [-0.39, 0.29) is 29.8 Å². The van der Waals surface area contributed by atoms with Crippen LogP contribution in [-0.2, 0) is 9.59 Å². The molecule has 2 heterocycles. The lowest BCUT2D eigenvalue weighted by atomic mass is 10.00. The molecule has 35 heavy (non-hydrogen) atoms. The second-order valence-electron chi connectivity index (χ2n) is 9.88. The molecule has 0 aromatic heterocycles. The first-order valence-electron chi connectivity index (χ1n) is 12.2. The SMILES string of the molecule is O=C(NC1NOc2ccc(-c3ccc(C(=O)N4CCN(C(=O)C5(O)CC5)CC4)cc3)cc21)C1CC1. The fourth-order valence-electron chi connectivity index (χ4n) is 4.67. The molecule has 3 amide bonds. The van der Waals surface area contributed by atoms with E-state index < -0.39 is 5.60 Å². The third-order valence-corrected chi connectivity index (χ3v) is 7.28. The number of rotatable bonds is 5. The summed E-state index contributed by atoms with van der Waals surface area (Å²) in [5, 5.41) is 13.0. The molecule has 182 valence electrons. The lowest BCUT2D eigenvalue weighted by molar-refractivity contribution is -0.143. The van der Waals surface area contributed by atoms with E-state index in [1.807, 2.05) is 42.5 Å². The van der Waals surface area contributed by atoms with Crippen molar-refractivity contribution in [2.75, 3.05) is 26.2 Å². The highest BCUT2D eigenvalue weighted by Gasteiger charge is 2.50. The Balaban J connectivity index is 1.11. The highest BCUT2D eigenvalue weighted by molar-refractivity contribution is 5.95. The van der Waals surface area contributed by atoms with Gasteiger partial charge in [-0.05, 0) is 61.1 Å². The first-order chi connectivity index (χ1) is 16.9. The maximum Gasteiger partial charge on any atom is 0.254 e. The third kappa shape index (κ3) is 4.26. The van der Waals surface area contributed by atoms with Crippen molar-refractivity contribution in [2.45, 2.75) is 37.5 Å². The number of carbonyl (C=O) groups excluding carboxylic acids is 3. The number of aliphatic hydroxyl groups is 1. The number of carbonyl (C=O) groups is 3. The summed E-state index contributed by atoms with van der Waals surface area (Å²) < 4.78 is 0. The molecule has 3 fully saturated rings. The lowest BCUT2D eigenvalue weighted by Gasteiger charge is -2.35. The van der Waals surface area contributed by atoms with Crippen molar-refractivity contribution in [1.82, 2.24) is 20.6 Å². The summed E-state index contributed by atoms with van der Waals surface area (Å²) in [6, 6.07) is 13.3. The summed E-state index contributed by atoms with van der Waals surface area (Å²) in [5.41, 5.74) is 5.10. The van der Waals surface area contributed by atoms with Gasteiger partial charge in [0.1, 0.15) is 11.8 Å². The van der Waals surface area contributed by atoms with Crippen LogP contribution >= 0.6 is 0 Å². The lowest BCUT2D eigenvalue weighted by Crippen LogP contribution is -2.53. The molecule has 1 unspecified atom stereocenters. The van der Waals surface area contributed by atoms with Gasteiger partial charge in [-0.1, -0.05) is 18.2 Å². The predicted octanol–water partition coefficient (Wildman–Crippen LogP) is 1.58. The number of fused-ring (bicyclic) bond motifs is 1. The quantitative estimate of drug-likeness (QED) is 0.604. The molecule has 3 N–H and O–H groups in total. The van der Waals surface area contributed by atoms with Gasteiger partial charge in [0.05, 0.1) is 0 Å². The van der Waals surface area contributed by atoms with Gasteiger partial charge >= 0.3 is 0 Å². The Hall–Kier alpha value is -3.43. The first-order valence-corrected chi connectivity index (χ1v) is 12.2. The molecule has 1 atom stereocenters. The number of nitrogens with zero attached hydrogens (tertiary/aromatic N) is 2. The van der Waals surface area contributed by atoms with Crippen LogP contribution in [0.3, 0.4) is 0 Å². The van der Waals surface area contributed by atoms with Crippen LogP contribution in [0.1, 0.15) is 47.8 Å². The molecule has 2 aromatic carbocycles. The zero-order valence-electron chi connectivity index (χ0n) is 19.3. The molecule has 6 rings (SSSR count). The van der Waals surface area contributed by atoms with Crippen LogP contribution in [0.15, 0.2) is 42.5 Å². The molecule has 9 nitrogen and oxygen atoms in total. The number of benzene rings is 2. The van der Waals surface area contributed by atoms with Gasteiger partial charge in [-0.3, -0.25) is 14.4 Å². The van der Waals surface area contributed by atoms with Crippen molar-refractivity contribution in [3.05, 3.63) is 53.6 Å². The van der Waals surface area contributed by atoms with E-state index in [0.717, 1.165) is 29.5 Å². The van der Waals surface area contributed by atoms with Gasteiger partial charge in [0.2, 0.25) is 5.91 Å². The third-order valence-electron chi connectivity index (χ3n) is 7.28. The monoisotopic (exact) mass is 476 g/mol. The highest BCUT2D eigenvalue weighted by atomic mass is 16.7. The number of hydroxylamine groups is 1. The van der Waals surface area contributed by atoms with Crippen LogP contribution in [0.25, 0.3) is 11.1 Å². The van der Waals surface area contributed by atoms with Gasteiger partial charge in [0, 0.05) is 43.2 Å². The Bertz CT molecular complexity index is 1180. The van der Waals surface area contributed by atoms with Crippen molar-refractivity contribution in [3.63, 3.8) is 0 Å². The molecule has 1 saturated heterocycles. The van der Waals surface area contributed by atoms with E-state index in [1.165, 1.54) is 0 Å². The summed E-state index contributed by atoms with van der Waals surface area (Å²) in [6.45, 7) is 1.78. The fraction of sp³-hybridized carbons (Fsp3) is 0.423. The Morgan fingerprint density at radius 3 is 2.26 bits per heavy atom. The second kappa shape index (κ2) is 8.35. The molecule has 9 heteroatoms. The Morgan fingerprint density at radius 2 is 1.60 bits per heavy atom.